The molecule has 0 spiro atoms. The third kappa shape index (κ3) is 6.40. The van der Waals surface area contributed by atoms with E-state index in [1.165, 1.54) is 82.4 Å². The van der Waals surface area contributed by atoms with Gasteiger partial charge in [0.1, 0.15) is 6.17 Å². The second kappa shape index (κ2) is 15.2. The van der Waals surface area contributed by atoms with Crippen LogP contribution in [0.4, 0.5) is 11.4 Å². The topological polar surface area (TPSA) is 27.3 Å². The minimum absolute atomic E-state index is 0.0231. The first-order valence-corrected chi connectivity index (χ1v) is 22.2. The van der Waals surface area contributed by atoms with Crippen molar-refractivity contribution in [1.29, 1.82) is 0 Å². The minimum Gasteiger partial charge on any atom is -0.366 e. The van der Waals surface area contributed by atoms with Crippen molar-refractivity contribution < 1.29 is 0 Å². The maximum Gasteiger partial charge on any atom is 0.105 e. The Labute approximate surface area is 347 Å². The molecular formula is C54H49N3S. The second-order valence-corrected chi connectivity index (χ2v) is 17.5. The molecule has 3 nitrogen and oxygen atoms in total. The molecule has 0 saturated heterocycles. The summed E-state index contributed by atoms with van der Waals surface area (Å²) in [6.07, 6.45) is 32.2. The lowest BCUT2D eigenvalue weighted by Crippen LogP contribution is -2.45. The van der Waals surface area contributed by atoms with E-state index in [0.29, 0.717) is 0 Å². The van der Waals surface area contributed by atoms with Crippen molar-refractivity contribution in [3.05, 3.63) is 207 Å². The molecule has 1 aromatic heterocycles. The van der Waals surface area contributed by atoms with Gasteiger partial charge in [0.25, 0.3) is 0 Å². The Morgan fingerprint density at radius 3 is 2.31 bits per heavy atom. The summed E-state index contributed by atoms with van der Waals surface area (Å²) in [5, 5.41) is 8.13. The highest BCUT2D eigenvalue weighted by Crippen LogP contribution is 2.54. The van der Waals surface area contributed by atoms with Crippen molar-refractivity contribution in [2.75, 3.05) is 10.2 Å². The zero-order chi connectivity index (χ0) is 38.4. The first-order chi connectivity index (χ1) is 28.8. The molecule has 4 aromatic carbocycles. The fourth-order valence-electron chi connectivity index (χ4n) is 10.3. The van der Waals surface area contributed by atoms with E-state index in [-0.39, 0.29) is 24.3 Å². The van der Waals surface area contributed by atoms with Gasteiger partial charge in [-0.1, -0.05) is 146 Å². The largest absolute Gasteiger partial charge is 0.366 e. The number of nitrogens with zero attached hydrogens (tertiary/aromatic N) is 1. The highest BCUT2D eigenvalue weighted by molar-refractivity contribution is 7.14. The van der Waals surface area contributed by atoms with Gasteiger partial charge < -0.3 is 10.2 Å². The molecule has 0 fully saturated rings. The van der Waals surface area contributed by atoms with Gasteiger partial charge in [-0.3, -0.25) is 5.32 Å². The van der Waals surface area contributed by atoms with Crippen LogP contribution in [0.1, 0.15) is 77.1 Å². The molecule has 2 N–H and O–H groups in total. The van der Waals surface area contributed by atoms with E-state index < -0.39 is 0 Å². The molecule has 4 atom stereocenters. The first-order valence-electron chi connectivity index (χ1n) is 21.4. The molecule has 5 aliphatic carbocycles. The van der Waals surface area contributed by atoms with Gasteiger partial charge in [0, 0.05) is 32.3 Å². The lowest BCUT2D eigenvalue weighted by molar-refractivity contribution is 0.535. The molecule has 1 aliphatic heterocycles. The van der Waals surface area contributed by atoms with Crippen LogP contribution in [-0.4, -0.2) is 12.2 Å². The van der Waals surface area contributed by atoms with Gasteiger partial charge in [0.15, 0.2) is 0 Å². The summed E-state index contributed by atoms with van der Waals surface area (Å²) >= 11 is 2.07. The molecule has 4 unspecified atom stereocenters. The Morgan fingerprint density at radius 2 is 1.50 bits per heavy atom. The van der Waals surface area contributed by atoms with Crippen molar-refractivity contribution in [3.63, 3.8) is 0 Å². The summed E-state index contributed by atoms with van der Waals surface area (Å²) in [7, 11) is 0. The van der Waals surface area contributed by atoms with Gasteiger partial charge in [-0.2, -0.15) is 0 Å². The Kier molecular flexibility index (Phi) is 9.33. The zero-order valence-electron chi connectivity index (χ0n) is 32.9. The molecule has 0 radical (unpaired) electrons. The number of fused-ring (bicyclic) bond motifs is 6. The number of benzene rings is 4. The average molecular weight is 772 g/mol. The Morgan fingerprint density at radius 1 is 0.707 bits per heavy atom. The fourth-order valence-corrected chi connectivity index (χ4v) is 11.8. The van der Waals surface area contributed by atoms with Crippen molar-refractivity contribution in [1.82, 2.24) is 5.32 Å². The van der Waals surface area contributed by atoms with E-state index in [1.54, 1.807) is 0 Å². The predicted molar refractivity (Wildman–Crippen MR) is 245 cm³/mol. The summed E-state index contributed by atoms with van der Waals surface area (Å²) in [5.41, 5.74) is 18.0. The molecule has 286 valence electrons. The zero-order valence-corrected chi connectivity index (χ0v) is 33.7. The molecule has 4 heteroatoms. The lowest BCUT2D eigenvalue weighted by Gasteiger charge is -2.42. The molecule has 0 saturated carbocycles. The van der Waals surface area contributed by atoms with Gasteiger partial charge in [-0.15, -0.1) is 11.3 Å². The van der Waals surface area contributed by atoms with Gasteiger partial charge in [-0.25, -0.2) is 0 Å². The number of allylic oxidation sites excluding steroid dienone is 10. The highest BCUT2D eigenvalue weighted by atomic mass is 32.1. The van der Waals surface area contributed by atoms with Crippen LogP contribution in [0, 0.1) is 0 Å². The van der Waals surface area contributed by atoms with Crippen LogP contribution in [0.3, 0.4) is 0 Å². The smallest absolute Gasteiger partial charge is 0.105 e. The Balaban J connectivity index is 1.01. The number of thiophene rings is 1. The van der Waals surface area contributed by atoms with Gasteiger partial charge in [-0.05, 0) is 120 Å². The molecule has 11 rings (SSSR count). The van der Waals surface area contributed by atoms with Crippen LogP contribution in [0.15, 0.2) is 181 Å². The quantitative estimate of drug-likeness (QED) is 0.173. The molecule has 5 aromatic rings. The van der Waals surface area contributed by atoms with Crippen molar-refractivity contribution in [2.45, 2.75) is 75.7 Å². The second-order valence-electron chi connectivity index (χ2n) is 16.5. The van der Waals surface area contributed by atoms with Crippen LogP contribution in [0.5, 0.6) is 0 Å². The first kappa shape index (κ1) is 35.5. The van der Waals surface area contributed by atoms with E-state index >= 15 is 0 Å². The van der Waals surface area contributed by atoms with Gasteiger partial charge in [0.05, 0.1) is 18.1 Å². The number of para-hydroxylation sites is 1. The Hall–Kier alpha value is -5.68. The molecule has 0 bridgehead atoms. The maximum atomic E-state index is 4.14. The standard InChI is InChI=1S/C54H49N3S/c1-4-15-36(16-5-1)38-27-31-42(32-28-38)57(43-33-29-39(30-34-43)37-17-6-2-7-18-37)49-35-41-21-10-11-22-44(41)50-46-24-14-25-47(52(46)58-53(49)50)54-55-48-26-13-12-23-45(48)51(56-54)40-19-8-3-9-20-40/h1-6,8,10-13,15-17,19,21-23,25-33,43,49,51,54-56H,7,9,14,18,20,24,34-35H2. The van der Waals surface area contributed by atoms with E-state index in [1.807, 2.05) is 0 Å². The van der Waals surface area contributed by atoms with Crippen LogP contribution in [0.2, 0.25) is 0 Å². The summed E-state index contributed by atoms with van der Waals surface area (Å²) in [6, 6.07) is 39.0. The summed E-state index contributed by atoms with van der Waals surface area (Å²) < 4.78 is 0. The van der Waals surface area contributed by atoms with Crippen molar-refractivity contribution in [2.24, 2.45) is 0 Å². The minimum atomic E-state index is 0.0231. The van der Waals surface area contributed by atoms with E-state index in [2.05, 4.69) is 191 Å². The molecule has 2 heterocycles. The van der Waals surface area contributed by atoms with Crippen LogP contribution in [0.25, 0.3) is 27.8 Å². The summed E-state index contributed by atoms with van der Waals surface area (Å²) in [5.74, 6) is 0. The molecular weight excluding hydrogens is 723 g/mol. The van der Waals surface area contributed by atoms with Gasteiger partial charge >= 0.3 is 0 Å². The van der Waals surface area contributed by atoms with Crippen molar-refractivity contribution in [3.8, 4) is 22.3 Å². The highest BCUT2D eigenvalue weighted by Gasteiger charge is 2.40. The Bertz CT molecular complexity index is 2590. The SMILES string of the molecule is C1=CCCC(C2=CCC(N(c3ccc(-c4ccccc4)cc3)C3Cc4ccccc4-c4c3sc3c4CCC=C3C3Nc4ccccc4C(C4=CC=CCC4)N3)C=C2)=C1. The third-order valence-electron chi connectivity index (χ3n) is 13.1. The molecule has 58 heavy (non-hydrogen) atoms. The third-order valence-corrected chi connectivity index (χ3v) is 14.5. The van der Waals surface area contributed by atoms with E-state index in [4.69, 9.17) is 0 Å². The normalized spacial score (nSPS) is 22.9. The van der Waals surface area contributed by atoms with Crippen LogP contribution < -0.4 is 15.5 Å². The van der Waals surface area contributed by atoms with Gasteiger partial charge in [0.2, 0.25) is 0 Å². The number of rotatable bonds is 7. The number of hydrogen-bond acceptors (Lipinski definition) is 4. The van der Waals surface area contributed by atoms with E-state index in [0.717, 1.165) is 51.4 Å². The molecule has 6 aliphatic rings. The van der Waals surface area contributed by atoms with Crippen LogP contribution >= 0.6 is 11.3 Å². The fraction of sp³-hybridized carbons (Fsp3) is 0.222. The monoisotopic (exact) mass is 771 g/mol. The van der Waals surface area contributed by atoms with Crippen molar-refractivity contribution >= 4 is 28.3 Å². The summed E-state index contributed by atoms with van der Waals surface area (Å²) in [4.78, 5) is 5.75. The molecule has 0 amide bonds. The number of hydrogen-bond donors (Lipinski definition) is 2. The van der Waals surface area contributed by atoms with Crippen LogP contribution in [-0.2, 0) is 12.8 Å². The average Bonchev–Trinajstić information content (AvgIpc) is 3.71. The maximum absolute atomic E-state index is 4.14. The number of anilines is 2. The predicted octanol–water partition coefficient (Wildman–Crippen LogP) is 13.4. The van der Waals surface area contributed by atoms with E-state index in [9.17, 15) is 0 Å². The summed E-state index contributed by atoms with van der Waals surface area (Å²) in [6.45, 7) is 0. The lowest BCUT2D eigenvalue weighted by atomic mass is 9.81. The number of nitrogens with one attached hydrogen (secondary N) is 2.